The first kappa shape index (κ1) is 29.4. The number of carbonyl (C=O) groups excluding carboxylic acids is 2. The molecule has 1 aliphatic carbocycles. The number of methoxy groups -OCH3 is 1. The van der Waals surface area contributed by atoms with Crippen molar-refractivity contribution < 1.29 is 18.7 Å². The van der Waals surface area contributed by atoms with Gasteiger partial charge in [-0.05, 0) is 42.8 Å². The quantitative estimate of drug-likeness (QED) is 0.356. The summed E-state index contributed by atoms with van der Waals surface area (Å²) in [4.78, 5) is 42.4. The van der Waals surface area contributed by atoms with Crippen LogP contribution >= 0.6 is 0 Å². The van der Waals surface area contributed by atoms with Gasteiger partial charge in [-0.3, -0.25) is 19.5 Å². The van der Waals surface area contributed by atoms with Crippen LogP contribution in [0.3, 0.4) is 0 Å². The minimum absolute atomic E-state index is 0.118. The number of nitrogens with zero attached hydrogens (tertiary/aromatic N) is 5. The van der Waals surface area contributed by atoms with Crippen LogP contribution in [0.25, 0.3) is 5.57 Å². The second-order valence-electron chi connectivity index (χ2n) is 10.6. The number of pyridine rings is 1. The summed E-state index contributed by atoms with van der Waals surface area (Å²) < 4.78 is 20.5. The number of piperazine rings is 1. The summed E-state index contributed by atoms with van der Waals surface area (Å²) in [6.45, 7) is 5.49. The molecular weight excluding hydrogens is 537 g/mol. The number of hydrogen-bond donors (Lipinski definition) is 2. The number of allylic oxidation sites excluding steroid dienone is 1. The van der Waals surface area contributed by atoms with Crippen LogP contribution in [-0.4, -0.2) is 89.4 Å². The van der Waals surface area contributed by atoms with Crippen molar-refractivity contribution in [3.8, 4) is 0 Å². The second-order valence-corrected chi connectivity index (χ2v) is 10.6. The smallest absolute Gasteiger partial charge is 0.244 e. The number of halogens is 1. The first-order valence-electron chi connectivity index (χ1n) is 14.2. The molecule has 2 N–H and O–H groups in total. The van der Waals surface area contributed by atoms with Crippen molar-refractivity contribution in [1.29, 1.82) is 0 Å². The fraction of sp³-hybridized carbons (Fsp3) is 0.387. The van der Waals surface area contributed by atoms with E-state index in [1.54, 1.807) is 25.4 Å². The van der Waals surface area contributed by atoms with Gasteiger partial charge in [0.2, 0.25) is 11.9 Å². The summed E-state index contributed by atoms with van der Waals surface area (Å²) in [5.74, 6) is -0.330. The van der Waals surface area contributed by atoms with Crippen molar-refractivity contribution in [3.63, 3.8) is 0 Å². The maximum atomic E-state index is 15.1. The van der Waals surface area contributed by atoms with Crippen LogP contribution in [0.2, 0.25) is 0 Å². The Morgan fingerprint density at radius 2 is 1.90 bits per heavy atom. The predicted octanol–water partition coefficient (Wildman–Crippen LogP) is 3.46. The molecule has 1 saturated heterocycles. The van der Waals surface area contributed by atoms with Crippen LogP contribution in [0.15, 0.2) is 48.8 Å². The van der Waals surface area contributed by atoms with E-state index in [1.165, 1.54) is 0 Å². The van der Waals surface area contributed by atoms with E-state index < -0.39 is 11.9 Å². The van der Waals surface area contributed by atoms with Crippen molar-refractivity contribution in [1.82, 2.24) is 24.8 Å². The molecule has 0 saturated carbocycles. The van der Waals surface area contributed by atoms with Crippen LogP contribution in [0.1, 0.15) is 35.9 Å². The van der Waals surface area contributed by atoms with Gasteiger partial charge in [-0.2, -0.15) is 0 Å². The highest BCUT2D eigenvalue weighted by molar-refractivity contribution is 5.97. The minimum Gasteiger partial charge on any atom is -0.383 e. The van der Waals surface area contributed by atoms with Gasteiger partial charge in [-0.15, -0.1) is 0 Å². The van der Waals surface area contributed by atoms with Crippen LogP contribution in [0.5, 0.6) is 0 Å². The number of nitrogens with one attached hydrogen (secondary N) is 2. The Bertz CT molecular complexity index is 1470. The third kappa shape index (κ3) is 6.70. The van der Waals surface area contributed by atoms with Crippen LogP contribution in [-0.2, 0) is 27.2 Å². The van der Waals surface area contributed by atoms with Gasteiger partial charge in [0.05, 0.1) is 24.7 Å². The number of anilines is 3. The summed E-state index contributed by atoms with van der Waals surface area (Å²) >= 11 is 0. The van der Waals surface area contributed by atoms with Crippen molar-refractivity contribution in [2.45, 2.75) is 32.2 Å². The molecule has 3 heterocycles. The van der Waals surface area contributed by atoms with Crippen molar-refractivity contribution in [2.24, 2.45) is 0 Å². The van der Waals surface area contributed by atoms with E-state index in [2.05, 4.69) is 42.4 Å². The minimum atomic E-state index is -0.545. The molecule has 11 heteroatoms. The Labute approximate surface area is 245 Å². The second kappa shape index (κ2) is 13.3. The zero-order valence-corrected chi connectivity index (χ0v) is 24.2. The molecule has 220 valence electrons. The van der Waals surface area contributed by atoms with Gasteiger partial charge in [0.1, 0.15) is 17.5 Å². The molecule has 2 aromatic heterocycles. The largest absolute Gasteiger partial charge is 0.383 e. The Kier molecular flexibility index (Phi) is 9.31. The molecule has 1 amide bonds. The fourth-order valence-corrected chi connectivity index (χ4v) is 5.24. The summed E-state index contributed by atoms with van der Waals surface area (Å²) in [7, 11) is 3.68. The van der Waals surface area contributed by atoms with Gasteiger partial charge in [-0.25, -0.2) is 14.4 Å². The monoisotopic (exact) mass is 573 g/mol. The number of ketones is 1. The molecule has 0 unspecified atom stereocenters. The number of hydrogen-bond acceptors (Lipinski definition) is 9. The number of rotatable bonds is 11. The third-order valence-electron chi connectivity index (χ3n) is 7.69. The Morgan fingerprint density at radius 3 is 2.62 bits per heavy atom. The van der Waals surface area contributed by atoms with Crippen LogP contribution in [0.4, 0.5) is 21.7 Å². The number of aromatic nitrogens is 3. The normalized spacial score (nSPS) is 16.0. The highest BCUT2D eigenvalue weighted by atomic mass is 19.1. The lowest BCUT2D eigenvalue weighted by molar-refractivity contribution is -0.124. The van der Waals surface area contributed by atoms with E-state index in [9.17, 15) is 9.59 Å². The highest BCUT2D eigenvalue weighted by Crippen LogP contribution is 2.37. The molecular formula is C31H36FN7O3. The summed E-state index contributed by atoms with van der Waals surface area (Å²) in [5.41, 5.74) is 4.53. The van der Waals surface area contributed by atoms with Crippen LogP contribution in [0, 0.1) is 5.82 Å². The first-order valence-corrected chi connectivity index (χ1v) is 14.2. The van der Waals surface area contributed by atoms with Gasteiger partial charge in [0.15, 0.2) is 5.82 Å². The average molecular weight is 574 g/mol. The average Bonchev–Trinajstić information content (AvgIpc) is 3.43. The topological polar surface area (TPSA) is 113 Å². The molecule has 5 rings (SSSR count). The van der Waals surface area contributed by atoms with Crippen molar-refractivity contribution in [3.05, 3.63) is 77.1 Å². The van der Waals surface area contributed by atoms with Gasteiger partial charge < -0.3 is 20.3 Å². The Morgan fingerprint density at radius 1 is 1.10 bits per heavy atom. The fourth-order valence-electron chi connectivity index (χ4n) is 5.24. The number of benzene rings is 1. The summed E-state index contributed by atoms with van der Waals surface area (Å²) in [5, 5.41) is 6.18. The van der Waals surface area contributed by atoms with Gasteiger partial charge >= 0.3 is 0 Å². The van der Waals surface area contributed by atoms with Crippen molar-refractivity contribution >= 4 is 34.6 Å². The number of carbonyl (C=O) groups is 2. The first-order chi connectivity index (χ1) is 20.4. The maximum Gasteiger partial charge on any atom is 0.244 e. The van der Waals surface area contributed by atoms with Gasteiger partial charge in [-0.1, -0.05) is 25.1 Å². The highest BCUT2D eigenvalue weighted by Gasteiger charge is 2.30. The van der Waals surface area contributed by atoms with Crippen LogP contribution < -0.4 is 10.6 Å². The Balaban J connectivity index is 1.32. The van der Waals surface area contributed by atoms with Crippen molar-refractivity contribution in [2.75, 3.05) is 57.6 Å². The number of likely N-dealkylation sites (N-methyl/N-ethyl adjacent to an activating group) is 1. The molecule has 0 bridgehead atoms. The lowest BCUT2D eigenvalue weighted by Crippen LogP contribution is -2.54. The lowest BCUT2D eigenvalue weighted by Gasteiger charge is -2.36. The number of fused-ring (bicyclic) bond motifs is 1. The molecule has 2 aliphatic rings. The van der Waals surface area contributed by atoms with E-state index in [-0.39, 0.29) is 29.8 Å². The molecule has 1 atom stereocenters. The lowest BCUT2D eigenvalue weighted by atomic mass is 10.0. The molecule has 42 heavy (non-hydrogen) atoms. The van der Waals surface area contributed by atoms with Gasteiger partial charge in [0, 0.05) is 63.1 Å². The van der Waals surface area contributed by atoms with E-state index in [0.717, 1.165) is 43.5 Å². The molecule has 1 fully saturated rings. The third-order valence-corrected chi connectivity index (χ3v) is 7.69. The van der Waals surface area contributed by atoms with E-state index in [4.69, 9.17) is 4.74 Å². The molecule has 1 aliphatic heterocycles. The number of amides is 1. The zero-order valence-electron chi connectivity index (χ0n) is 24.2. The van der Waals surface area contributed by atoms with Gasteiger partial charge in [0.25, 0.3) is 0 Å². The Hall–Kier alpha value is -4.06. The number of Topliss-reactive ketones (excluding diaryl/α,β-unsaturated/α-hetero) is 1. The zero-order chi connectivity index (χ0) is 29.6. The van der Waals surface area contributed by atoms with E-state index in [1.807, 2.05) is 31.2 Å². The number of ether oxygens (including phenoxy) is 1. The van der Waals surface area contributed by atoms with E-state index in [0.29, 0.717) is 42.1 Å². The maximum absolute atomic E-state index is 15.1. The molecule has 0 radical (unpaired) electrons. The summed E-state index contributed by atoms with van der Waals surface area (Å²) in [6.07, 6.45) is 5.94. The SMILES string of the molecule is CCC(=O)Cc1ccc(Nc2ncc(F)c(C3=CCc4c(NC(=O)[C@@H](COC)N5CCN(C)CC5)cccc43)n2)cn1. The summed E-state index contributed by atoms with van der Waals surface area (Å²) in [6, 6.07) is 8.78. The predicted molar refractivity (Wildman–Crippen MR) is 159 cm³/mol. The molecule has 10 nitrogen and oxygen atoms in total. The standard InChI is InChI=1S/C31H36FN7O3/c1-4-22(40)16-20-8-9-21(17-33-20)35-31-34-18-26(32)29(37-31)25-11-10-24-23(25)6-5-7-27(24)36-30(41)28(19-42-3)39-14-12-38(2)13-15-39/h5-9,11,17-18,28H,4,10,12-16,19H2,1-3H3,(H,36,41)(H,34,35,37)/t28-/m1/s1. The molecule has 1 aromatic carbocycles. The molecule has 0 spiro atoms. The van der Waals surface area contributed by atoms with E-state index >= 15 is 4.39 Å². The molecule has 3 aromatic rings.